The minimum Gasteiger partial charge on any atom is -0.463 e. The Morgan fingerprint density at radius 1 is 0.933 bits per heavy atom. The van der Waals surface area contributed by atoms with Crippen molar-refractivity contribution >= 4 is 40.0 Å². The molecule has 6 bridgehead atoms. The van der Waals surface area contributed by atoms with Crippen LogP contribution in [-0.2, 0) is 57.8 Å². The van der Waals surface area contributed by atoms with Crippen LogP contribution in [0.25, 0.3) is 0 Å². The van der Waals surface area contributed by atoms with E-state index in [0.29, 0.717) is 18.3 Å². The fraction of sp³-hybridized carbons (Fsp3) is 0.884. The molecule has 7 rings (SSSR count). The highest BCUT2D eigenvalue weighted by atomic mass is 32.2. The van der Waals surface area contributed by atoms with Crippen molar-refractivity contribution in [1.29, 1.82) is 0 Å². The molecule has 6 saturated carbocycles. The van der Waals surface area contributed by atoms with Gasteiger partial charge in [-0.1, -0.05) is 6.92 Å². The molecule has 60 heavy (non-hydrogen) atoms. The maximum absolute atomic E-state index is 14.9. The molecule has 0 aromatic carbocycles. The van der Waals surface area contributed by atoms with Crippen LogP contribution in [-0.4, -0.2) is 89.8 Å². The fourth-order valence-corrected chi connectivity index (χ4v) is 12.3. The van der Waals surface area contributed by atoms with E-state index in [1.54, 1.807) is 20.8 Å². The lowest BCUT2D eigenvalue weighted by atomic mass is 9.50. The summed E-state index contributed by atoms with van der Waals surface area (Å²) in [6, 6.07) is 0. The lowest BCUT2D eigenvalue weighted by molar-refractivity contribution is -0.208. The number of aliphatic hydroxyl groups excluding tert-OH is 1. The molecular weight excluding hydrogens is 811 g/mol. The number of carbonyl (C=O) groups is 5. The molecule has 1 aliphatic heterocycles. The van der Waals surface area contributed by atoms with Crippen LogP contribution in [0.2, 0.25) is 0 Å². The van der Waals surface area contributed by atoms with Crippen molar-refractivity contribution in [2.45, 2.75) is 154 Å². The predicted molar refractivity (Wildman–Crippen MR) is 208 cm³/mol. The number of halogens is 2. The van der Waals surface area contributed by atoms with Crippen LogP contribution in [0, 0.1) is 70.5 Å². The molecule has 17 heteroatoms. The number of ether oxygens (including phenoxy) is 5. The highest BCUT2D eigenvalue weighted by Gasteiger charge is 2.59. The topological polar surface area (TPSA) is 206 Å². The summed E-state index contributed by atoms with van der Waals surface area (Å²) in [5.41, 5.74) is -3.20. The normalized spacial score (nSPS) is 35.1. The van der Waals surface area contributed by atoms with Gasteiger partial charge < -0.3 is 28.8 Å². The predicted octanol–water partition coefficient (Wildman–Crippen LogP) is 6.06. The minimum absolute atomic E-state index is 0.0158. The van der Waals surface area contributed by atoms with E-state index in [1.165, 1.54) is 20.3 Å². The molecule has 0 spiro atoms. The molecule has 1 saturated heterocycles. The molecule has 9 unspecified atom stereocenters. The van der Waals surface area contributed by atoms with E-state index < -0.39 is 98.9 Å². The summed E-state index contributed by atoms with van der Waals surface area (Å²) >= 11 is 0. The number of alkyl halides is 2. The van der Waals surface area contributed by atoms with Gasteiger partial charge >= 0.3 is 45.2 Å². The Hall–Kier alpha value is -2.92. The number of cyclic esters (lactones) is 1. The number of hydrogen-bond donors (Lipinski definition) is 2. The Kier molecular flexibility index (Phi) is 13.2. The van der Waals surface area contributed by atoms with E-state index in [4.69, 9.17) is 28.2 Å². The van der Waals surface area contributed by atoms with Crippen molar-refractivity contribution in [1.82, 2.24) is 0 Å². The number of rotatable bonds is 17. The van der Waals surface area contributed by atoms with Crippen LogP contribution in [0.1, 0.15) is 126 Å². The third kappa shape index (κ3) is 9.97. The van der Waals surface area contributed by atoms with Gasteiger partial charge in [0.2, 0.25) is 6.10 Å². The summed E-state index contributed by atoms with van der Waals surface area (Å²) in [5, 5.41) is 6.62. The van der Waals surface area contributed by atoms with Crippen LogP contribution >= 0.6 is 0 Å². The quantitative estimate of drug-likeness (QED) is 0.0969. The second-order valence-electron chi connectivity index (χ2n) is 20.9. The van der Waals surface area contributed by atoms with Gasteiger partial charge in [0.25, 0.3) is 0 Å². The van der Waals surface area contributed by atoms with Gasteiger partial charge in [-0.15, -0.1) is 0 Å². The number of fused-ring (bicyclic) bond motifs is 2. The van der Waals surface area contributed by atoms with Crippen molar-refractivity contribution in [3.8, 4) is 0 Å². The van der Waals surface area contributed by atoms with Gasteiger partial charge in [0.05, 0.1) is 36.4 Å². The summed E-state index contributed by atoms with van der Waals surface area (Å²) in [6.45, 7) is 10.0. The minimum atomic E-state index is -5.91. The number of carbonyl (C=O) groups excluding carboxylic acids is 5. The Bertz CT molecular complexity index is 1750. The monoisotopic (exact) mass is 874 g/mol. The van der Waals surface area contributed by atoms with Crippen molar-refractivity contribution in [2.75, 3.05) is 13.2 Å². The maximum Gasteiger partial charge on any atom is 0.402 e. The highest BCUT2D eigenvalue weighted by Crippen LogP contribution is 2.61. The van der Waals surface area contributed by atoms with Crippen molar-refractivity contribution in [3.63, 3.8) is 0 Å². The van der Waals surface area contributed by atoms with Crippen LogP contribution in [0.4, 0.5) is 8.78 Å². The van der Waals surface area contributed by atoms with Gasteiger partial charge in [0, 0.05) is 6.42 Å². The largest absolute Gasteiger partial charge is 0.463 e. The highest BCUT2D eigenvalue weighted by molar-refractivity contribution is 7.86. The molecule has 6 aliphatic carbocycles. The Morgan fingerprint density at radius 2 is 1.55 bits per heavy atom. The lowest BCUT2D eigenvalue weighted by Gasteiger charge is -2.59. The molecule has 0 radical (unpaired) electrons. The van der Waals surface area contributed by atoms with Crippen LogP contribution < -0.4 is 0 Å². The summed E-state index contributed by atoms with van der Waals surface area (Å²) in [7, 11) is -5.91. The Labute approximate surface area is 351 Å². The molecule has 0 aromatic heterocycles. The molecule has 340 valence electrons. The zero-order valence-electron chi connectivity index (χ0n) is 35.9. The average Bonchev–Trinajstić information content (AvgIpc) is 3.82. The molecule has 7 fully saturated rings. The number of esters is 5. The molecule has 2 N–H and O–H groups in total. The third-order valence-corrected chi connectivity index (χ3v) is 15.9. The van der Waals surface area contributed by atoms with Crippen molar-refractivity contribution in [3.05, 3.63) is 0 Å². The molecule has 0 amide bonds. The van der Waals surface area contributed by atoms with Gasteiger partial charge in [-0.2, -0.15) is 17.2 Å². The van der Waals surface area contributed by atoms with E-state index in [9.17, 15) is 46.3 Å². The molecular formula is C43H64F2O14S. The van der Waals surface area contributed by atoms with E-state index in [-0.39, 0.29) is 73.7 Å². The van der Waals surface area contributed by atoms with E-state index in [1.807, 2.05) is 6.92 Å². The second kappa shape index (κ2) is 17.0. The fourth-order valence-electron chi connectivity index (χ4n) is 12.1. The average molecular weight is 875 g/mol. The van der Waals surface area contributed by atoms with Crippen LogP contribution in [0.3, 0.4) is 0 Å². The molecule has 14 nitrogen and oxygen atoms in total. The maximum atomic E-state index is 14.9. The molecule has 7 aliphatic rings. The number of aliphatic hydroxyl groups is 1. The van der Waals surface area contributed by atoms with Gasteiger partial charge in [-0.25, -0.2) is 4.79 Å². The van der Waals surface area contributed by atoms with Gasteiger partial charge in [0.15, 0.2) is 6.61 Å². The Balaban J connectivity index is 1.28. The first-order chi connectivity index (χ1) is 27.7. The van der Waals surface area contributed by atoms with Crippen LogP contribution in [0.5, 0.6) is 0 Å². The van der Waals surface area contributed by atoms with Gasteiger partial charge in [0.1, 0.15) is 11.2 Å². The molecule has 1 heterocycles. The summed E-state index contributed by atoms with van der Waals surface area (Å²) < 4.78 is 87.0. The first kappa shape index (κ1) is 46.6. The van der Waals surface area contributed by atoms with Crippen molar-refractivity contribution < 1.29 is 74.5 Å². The van der Waals surface area contributed by atoms with E-state index in [2.05, 4.69) is 6.92 Å². The van der Waals surface area contributed by atoms with E-state index in [0.717, 1.165) is 32.1 Å². The zero-order valence-corrected chi connectivity index (χ0v) is 36.7. The first-order valence-corrected chi connectivity index (χ1v) is 23.1. The second-order valence-corrected chi connectivity index (χ2v) is 22.4. The van der Waals surface area contributed by atoms with E-state index >= 15 is 0 Å². The molecule has 0 aromatic rings. The zero-order chi connectivity index (χ0) is 44.3. The summed E-state index contributed by atoms with van der Waals surface area (Å²) in [5.74, 6) is -4.82. The Morgan fingerprint density at radius 3 is 2.08 bits per heavy atom. The SMILES string of the molecule is CC1C2CC(C(O)CC(=O)OC(C)(C)C)C(C2)C1CC(CC(CC(C)(C)C(=O)OCC(F)(F)S(=O)(=O)O)C(=O)OC1CCOC1=O)C(=O)OC1(C)C2CC3CC(C2)CC1C3. The van der Waals surface area contributed by atoms with Crippen LogP contribution in [0.15, 0.2) is 0 Å². The molecule has 9 atom stereocenters. The number of hydrogen-bond acceptors (Lipinski definition) is 13. The van der Waals surface area contributed by atoms with Gasteiger partial charge in [-0.05, 0) is 159 Å². The van der Waals surface area contributed by atoms with Gasteiger partial charge in [-0.3, -0.25) is 23.7 Å². The summed E-state index contributed by atoms with van der Waals surface area (Å²) in [6.07, 6.45) is 3.81. The smallest absolute Gasteiger partial charge is 0.402 e. The summed E-state index contributed by atoms with van der Waals surface area (Å²) in [4.78, 5) is 67.5. The van der Waals surface area contributed by atoms with Crippen molar-refractivity contribution in [2.24, 2.45) is 70.5 Å². The third-order valence-electron chi connectivity index (χ3n) is 15.0. The lowest BCUT2D eigenvalue weighted by Crippen LogP contribution is -2.58. The first-order valence-electron chi connectivity index (χ1n) is 21.7. The standard InChI is InChI=1S/C43H64F2O14S/c1-22-25-16-31(32(17-25)33(46)19-35(47)58-40(2,3)4)30(22)18-26(37(49)59-42(7)28-11-23-10-24(13-28)14-29(42)12-23)15-27(36(48)57-34-8-9-55-38(34)50)20-41(5,6)39(51)56-21-43(44,45)60(52,53)54/h22-34,46H,8-21H2,1-7H3,(H,52,53,54).